The fraction of sp³-hybridized carbons (Fsp3) is 0.435. The fourth-order valence-corrected chi connectivity index (χ4v) is 3.62. The van der Waals surface area contributed by atoms with Gasteiger partial charge in [-0.2, -0.15) is 0 Å². The molecule has 0 atom stereocenters. The minimum absolute atomic E-state index is 0.0696. The second-order valence-electron chi connectivity index (χ2n) is 6.99. The van der Waals surface area contributed by atoms with Crippen LogP contribution in [0.3, 0.4) is 0 Å². The minimum Gasteiger partial charge on any atom is -0.494 e. The maximum atomic E-state index is 12.7. The summed E-state index contributed by atoms with van der Waals surface area (Å²) >= 11 is 0. The summed E-state index contributed by atoms with van der Waals surface area (Å²) in [6.07, 6.45) is 1.76. The normalized spacial score (nSPS) is 15.6. The molecule has 5 heteroatoms. The van der Waals surface area contributed by atoms with Crippen LogP contribution in [0.2, 0.25) is 0 Å². The minimum atomic E-state index is -0.121. The van der Waals surface area contributed by atoms with E-state index in [0.717, 1.165) is 24.3 Å². The van der Waals surface area contributed by atoms with Crippen LogP contribution in [0.1, 0.15) is 42.6 Å². The van der Waals surface area contributed by atoms with E-state index in [0.29, 0.717) is 38.5 Å². The lowest BCUT2D eigenvalue weighted by Gasteiger charge is -2.38. The Balaban J connectivity index is 1.70. The molecule has 0 spiro atoms. The summed E-state index contributed by atoms with van der Waals surface area (Å²) in [6, 6.07) is 15.5. The highest BCUT2D eigenvalue weighted by Crippen LogP contribution is 2.35. The van der Waals surface area contributed by atoms with Crippen molar-refractivity contribution < 1.29 is 19.0 Å². The molecule has 2 aromatic carbocycles. The Labute approximate surface area is 167 Å². The number of nitrogens with one attached hydrogen (secondary N) is 1. The van der Waals surface area contributed by atoms with Crippen LogP contribution in [0.25, 0.3) is 0 Å². The molecule has 0 radical (unpaired) electrons. The van der Waals surface area contributed by atoms with Gasteiger partial charge in [-0.15, -0.1) is 0 Å². The van der Waals surface area contributed by atoms with Gasteiger partial charge in [0.1, 0.15) is 11.5 Å². The Morgan fingerprint density at radius 1 is 0.929 bits per heavy atom. The van der Waals surface area contributed by atoms with Crippen LogP contribution >= 0.6 is 0 Å². The van der Waals surface area contributed by atoms with Crippen LogP contribution in [0.5, 0.6) is 11.5 Å². The average Bonchev–Trinajstić information content (AvgIpc) is 2.74. The number of carbonyl (C=O) groups is 1. The lowest BCUT2D eigenvalue weighted by Crippen LogP contribution is -2.44. The van der Waals surface area contributed by atoms with Gasteiger partial charge in [0.2, 0.25) is 0 Å². The van der Waals surface area contributed by atoms with E-state index in [4.69, 9.17) is 14.2 Å². The van der Waals surface area contributed by atoms with Crippen LogP contribution < -0.4 is 14.8 Å². The molecule has 1 aliphatic heterocycles. The molecule has 1 heterocycles. The van der Waals surface area contributed by atoms with Crippen molar-refractivity contribution in [2.75, 3.05) is 33.0 Å². The van der Waals surface area contributed by atoms with Crippen molar-refractivity contribution in [1.82, 2.24) is 5.32 Å². The van der Waals surface area contributed by atoms with E-state index in [9.17, 15) is 4.79 Å². The first kappa shape index (κ1) is 20.2. The van der Waals surface area contributed by atoms with E-state index in [1.165, 1.54) is 5.56 Å². The number of hydrogen-bond donors (Lipinski definition) is 1. The van der Waals surface area contributed by atoms with Crippen molar-refractivity contribution in [3.8, 4) is 11.5 Å². The number of hydrogen-bond acceptors (Lipinski definition) is 4. The number of amides is 1. The smallest absolute Gasteiger partial charge is 0.251 e. The molecule has 28 heavy (non-hydrogen) atoms. The molecule has 1 saturated heterocycles. The van der Waals surface area contributed by atoms with E-state index in [2.05, 4.69) is 17.4 Å². The summed E-state index contributed by atoms with van der Waals surface area (Å²) in [5.41, 5.74) is 1.73. The van der Waals surface area contributed by atoms with Crippen molar-refractivity contribution in [2.45, 2.75) is 32.1 Å². The monoisotopic (exact) mass is 383 g/mol. The summed E-state index contributed by atoms with van der Waals surface area (Å²) in [5.74, 6) is 1.57. The molecule has 1 N–H and O–H groups in total. The molecule has 1 amide bonds. The van der Waals surface area contributed by atoms with Crippen molar-refractivity contribution in [1.29, 1.82) is 0 Å². The number of benzene rings is 2. The molecule has 1 fully saturated rings. The molecular weight excluding hydrogens is 354 g/mol. The van der Waals surface area contributed by atoms with E-state index in [1.54, 1.807) is 12.1 Å². The molecule has 5 nitrogen and oxygen atoms in total. The standard InChI is InChI=1S/C23H29NO4/c1-3-27-20-9-5-18(6-10-20)22(25)24-17-23(13-15-26-16-14-23)19-7-11-21(12-8-19)28-4-2/h5-12H,3-4,13-17H2,1-2H3,(H,24,25). The van der Waals surface area contributed by atoms with Crippen molar-refractivity contribution in [2.24, 2.45) is 0 Å². The SMILES string of the molecule is CCOc1ccc(C(=O)NCC2(c3ccc(OCC)cc3)CCOCC2)cc1. The molecule has 0 unspecified atom stereocenters. The number of carbonyl (C=O) groups excluding carboxylic acids is 1. The third-order valence-electron chi connectivity index (χ3n) is 5.24. The van der Waals surface area contributed by atoms with Crippen LogP contribution in [-0.4, -0.2) is 38.9 Å². The molecular formula is C23H29NO4. The highest BCUT2D eigenvalue weighted by atomic mass is 16.5. The van der Waals surface area contributed by atoms with Gasteiger partial charge in [0, 0.05) is 30.7 Å². The average molecular weight is 383 g/mol. The third-order valence-corrected chi connectivity index (χ3v) is 5.24. The largest absolute Gasteiger partial charge is 0.494 e. The summed E-state index contributed by atoms with van der Waals surface area (Å²) in [7, 11) is 0. The molecule has 0 bridgehead atoms. The number of rotatable bonds is 8. The summed E-state index contributed by atoms with van der Waals surface area (Å²) in [5, 5.41) is 3.13. The van der Waals surface area contributed by atoms with Crippen LogP contribution in [0.15, 0.2) is 48.5 Å². The topological polar surface area (TPSA) is 56.8 Å². The molecule has 1 aliphatic rings. The first-order chi connectivity index (χ1) is 13.7. The fourth-order valence-electron chi connectivity index (χ4n) is 3.62. The zero-order valence-corrected chi connectivity index (χ0v) is 16.7. The molecule has 0 saturated carbocycles. The predicted molar refractivity (Wildman–Crippen MR) is 109 cm³/mol. The quantitative estimate of drug-likeness (QED) is 0.750. The Hall–Kier alpha value is -2.53. The van der Waals surface area contributed by atoms with E-state index < -0.39 is 0 Å². The van der Waals surface area contributed by atoms with Gasteiger partial charge in [0.25, 0.3) is 5.91 Å². The zero-order valence-electron chi connectivity index (χ0n) is 16.7. The van der Waals surface area contributed by atoms with E-state index >= 15 is 0 Å². The maximum absolute atomic E-state index is 12.7. The third kappa shape index (κ3) is 4.84. The van der Waals surface area contributed by atoms with Gasteiger partial charge in [-0.25, -0.2) is 0 Å². The highest BCUT2D eigenvalue weighted by molar-refractivity contribution is 5.94. The lowest BCUT2D eigenvalue weighted by molar-refractivity contribution is 0.0487. The Morgan fingerprint density at radius 2 is 1.46 bits per heavy atom. The zero-order chi connectivity index (χ0) is 19.8. The van der Waals surface area contributed by atoms with E-state index in [-0.39, 0.29) is 11.3 Å². The molecule has 2 aromatic rings. The van der Waals surface area contributed by atoms with Crippen molar-refractivity contribution in [3.63, 3.8) is 0 Å². The van der Waals surface area contributed by atoms with Gasteiger partial charge < -0.3 is 19.5 Å². The van der Waals surface area contributed by atoms with Crippen molar-refractivity contribution in [3.05, 3.63) is 59.7 Å². The maximum Gasteiger partial charge on any atom is 0.251 e. The van der Waals surface area contributed by atoms with Crippen LogP contribution in [0.4, 0.5) is 0 Å². The molecule has 150 valence electrons. The van der Waals surface area contributed by atoms with Gasteiger partial charge in [-0.1, -0.05) is 12.1 Å². The first-order valence-corrected chi connectivity index (χ1v) is 9.99. The summed E-state index contributed by atoms with van der Waals surface area (Å²) in [6.45, 7) is 7.16. The van der Waals surface area contributed by atoms with Gasteiger partial charge in [-0.3, -0.25) is 4.79 Å². The number of ether oxygens (including phenoxy) is 3. The van der Waals surface area contributed by atoms with Crippen LogP contribution in [0, 0.1) is 0 Å². The molecule has 3 rings (SSSR count). The Bertz CT molecular complexity index is 749. The lowest BCUT2D eigenvalue weighted by atomic mass is 9.74. The van der Waals surface area contributed by atoms with Crippen LogP contribution in [-0.2, 0) is 10.2 Å². The summed E-state index contributed by atoms with van der Waals surface area (Å²) < 4.78 is 16.6. The predicted octanol–water partition coefficient (Wildman–Crippen LogP) is 3.96. The second kappa shape index (κ2) is 9.60. The first-order valence-electron chi connectivity index (χ1n) is 9.99. The van der Waals surface area contributed by atoms with Gasteiger partial charge in [-0.05, 0) is 68.7 Å². The van der Waals surface area contributed by atoms with Crippen molar-refractivity contribution >= 4 is 5.91 Å². The Kier molecular flexibility index (Phi) is 6.93. The highest BCUT2D eigenvalue weighted by Gasteiger charge is 2.35. The van der Waals surface area contributed by atoms with Gasteiger partial charge >= 0.3 is 0 Å². The molecule has 0 aromatic heterocycles. The second-order valence-corrected chi connectivity index (χ2v) is 6.99. The van der Waals surface area contributed by atoms with E-state index in [1.807, 2.05) is 38.1 Å². The summed E-state index contributed by atoms with van der Waals surface area (Å²) in [4.78, 5) is 12.7. The Morgan fingerprint density at radius 3 is 2.00 bits per heavy atom. The van der Waals surface area contributed by atoms with Gasteiger partial charge in [0.05, 0.1) is 13.2 Å². The molecule has 0 aliphatic carbocycles. The van der Waals surface area contributed by atoms with Gasteiger partial charge in [0.15, 0.2) is 0 Å².